The predicted molar refractivity (Wildman–Crippen MR) is 82.4 cm³/mol. The molecule has 0 atom stereocenters. The first-order chi connectivity index (χ1) is 11.0. The molecule has 0 radical (unpaired) electrons. The van der Waals surface area contributed by atoms with E-state index in [4.69, 9.17) is 13.9 Å². The summed E-state index contributed by atoms with van der Waals surface area (Å²) in [6, 6.07) is 7.82. The van der Waals surface area contributed by atoms with E-state index in [-0.39, 0.29) is 11.9 Å². The van der Waals surface area contributed by atoms with Crippen molar-refractivity contribution in [2.75, 3.05) is 7.11 Å². The Labute approximate surface area is 133 Å². The van der Waals surface area contributed by atoms with E-state index >= 15 is 0 Å². The van der Waals surface area contributed by atoms with E-state index in [1.807, 2.05) is 13.8 Å². The first kappa shape index (κ1) is 16.4. The van der Waals surface area contributed by atoms with E-state index in [1.54, 1.807) is 18.2 Å². The van der Waals surface area contributed by atoms with Gasteiger partial charge in [0.25, 0.3) is 5.91 Å². The van der Waals surface area contributed by atoms with Crippen LogP contribution < -0.4 is 20.3 Å². The van der Waals surface area contributed by atoms with Gasteiger partial charge in [0.1, 0.15) is 0 Å². The molecule has 0 fully saturated rings. The summed E-state index contributed by atoms with van der Waals surface area (Å²) in [6.07, 6.45) is 1.35. The van der Waals surface area contributed by atoms with Crippen molar-refractivity contribution < 1.29 is 23.5 Å². The standard InChI is InChI=1S/C16H18N2O5/c1-10(2)23-12-7-6-11(9-14(12)21-3)15(19)17-18-16(20)13-5-4-8-22-13/h4-10H,1-3H3,(H,17,19)(H,18,20). The number of carbonyl (C=O) groups excluding carboxylic acids is 2. The summed E-state index contributed by atoms with van der Waals surface area (Å²) in [4.78, 5) is 23.7. The third-order valence-corrected chi connectivity index (χ3v) is 2.82. The second-order valence-corrected chi connectivity index (χ2v) is 4.92. The van der Waals surface area contributed by atoms with Crippen LogP contribution in [0.25, 0.3) is 0 Å². The third-order valence-electron chi connectivity index (χ3n) is 2.82. The minimum atomic E-state index is -0.546. The molecule has 7 nitrogen and oxygen atoms in total. The van der Waals surface area contributed by atoms with Crippen LogP contribution in [0.3, 0.4) is 0 Å². The van der Waals surface area contributed by atoms with E-state index < -0.39 is 11.8 Å². The van der Waals surface area contributed by atoms with Gasteiger partial charge in [-0.05, 0) is 44.2 Å². The largest absolute Gasteiger partial charge is 0.493 e. The van der Waals surface area contributed by atoms with E-state index in [1.165, 1.54) is 25.5 Å². The van der Waals surface area contributed by atoms with E-state index in [2.05, 4.69) is 10.9 Å². The summed E-state index contributed by atoms with van der Waals surface area (Å²) < 4.78 is 15.7. The van der Waals surface area contributed by atoms with Crippen LogP contribution in [0.2, 0.25) is 0 Å². The van der Waals surface area contributed by atoms with Crippen molar-refractivity contribution in [1.29, 1.82) is 0 Å². The molecule has 1 heterocycles. The molecular weight excluding hydrogens is 300 g/mol. The smallest absolute Gasteiger partial charge is 0.305 e. The fraction of sp³-hybridized carbons (Fsp3) is 0.250. The fourth-order valence-corrected chi connectivity index (χ4v) is 1.82. The molecule has 0 unspecified atom stereocenters. The van der Waals surface area contributed by atoms with Gasteiger partial charge in [-0.3, -0.25) is 20.4 Å². The zero-order valence-electron chi connectivity index (χ0n) is 13.1. The van der Waals surface area contributed by atoms with Gasteiger partial charge < -0.3 is 13.9 Å². The van der Waals surface area contributed by atoms with Crippen LogP contribution in [0.1, 0.15) is 34.8 Å². The molecule has 122 valence electrons. The molecule has 2 aromatic rings. The maximum atomic E-state index is 12.1. The molecule has 7 heteroatoms. The van der Waals surface area contributed by atoms with Crippen molar-refractivity contribution in [3.8, 4) is 11.5 Å². The lowest BCUT2D eigenvalue weighted by Gasteiger charge is -2.14. The highest BCUT2D eigenvalue weighted by atomic mass is 16.5. The number of hydrogen-bond acceptors (Lipinski definition) is 5. The van der Waals surface area contributed by atoms with Crippen LogP contribution >= 0.6 is 0 Å². The van der Waals surface area contributed by atoms with Gasteiger partial charge >= 0.3 is 5.91 Å². The van der Waals surface area contributed by atoms with Gasteiger partial charge in [-0.2, -0.15) is 0 Å². The SMILES string of the molecule is COc1cc(C(=O)NNC(=O)c2ccco2)ccc1OC(C)C. The Morgan fingerprint density at radius 1 is 1.09 bits per heavy atom. The lowest BCUT2D eigenvalue weighted by Crippen LogP contribution is -2.41. The number of rotatable bonds is 5. The van der Waals surface area contributed by atoms with Crippen molar-refractivity contribution in [3.63, 3.8) is 0 Å². The molecule has 0 saturated carbocycles. The van der Waals surface area contributed by atoms with Gasteiger partial charge in [-0.15, -0.1) is 0 Å². The van der Waals surface area contributed by atoms with Gasteiger partial charge in [-0.25, -0.2) is 0 Å². The highest BCUT2D eigenvalue weighted by molar-refractivity contribution is 5.98. The summed E-state index contributed by atoms with van der Waals surface area (Å²) in [6.45, 7) is 3.79. The van der Waals surface area contributed by atoms with Crippen LogP contribution in [0.15, 0.2) is 41.0 Å². The predicted octanol–water partition coefficient (Wildman–Crippen LogP) is 2.15. The number of furan rings is 1. The van der Waals surface area contributed by atoms with Gasteiger partial charge in [0.15, 0.2) is 17.3 Å². The molecule has 0 saturated heterocycles. The van der Waals surface area contributed by atoms with Crippen molar-refractivity contribution in [1.82, 2.24) is 10.9 Å². The Bertz CT molecular complexity index is 680. The number of hydrazine groups is 1. The average Bonchev–Trinajstić information content (AvgIpc) is 3.06. The van der Waals surface area contributed by atoms with E-state index in [0.29, 0.717) is 17.1 Å². The number of carbonyl (C=O) groups is 2. The molecule has 2 rings (SSSR count). The number of ether oxygens (including phenoxy) is 2. The van der Waals surface area contributed by atoms with E-state index in [0.717, 1.165) is 0 Å². The summed E-state index contributed by atoms with van der Waals surface area (Å²) in [5, 5.41) is 0. The minimum Gasteiger partial charge on any atom is -0.493 e. The highest BCUT2D eigenvalue weighted by Crippen LogP contribution is 2.28. The van der Waals surface area contributed by atoms with Crippen LogP contribution in [0.5, 0.6) is 11.5 Å². The second kappa shape index (κ2) is 7.35. The van der Waals surface area contributed by atoms with Crippen molar-refractivity contribution in [3.05, 3.63) is 47.9 Å². The summed E-state index contributed by atoms with van der Waals surface area (Å²) in [5.41, 5.74) is 4.88. The molecule has 1 aromatic carbocycles. The zero-order valence-corrected chi connectivity index (χ0v) is 13.1. The monoisotopic (exact) mass is 318 g/mol. The molecule has 2 N–H and O–H groups in total. The zero-order chi connectivity index (χ0) is 16.8. The lowest BCUT2D eigenvalue weighted by atomic mass is 10.2. The highest BCUT2D eigenvalue weighted by Gasteiger charge is 2.14. The Morgan fingerprint density at radius 2 is 1.83 bits per heavy atom. The summed E-state index contributed by atoms with van der Waals surface area (Å²) >= 11 is 0. The van der Waals surface area contributed by atoms with Gasteiger partial charge in [0.05, 0.1) is 19.5 Å². The quantitative estimate of drug-likeness (QED) is 0.825. The molecule has 23 heavy (non-hydrogen) atoms. The number of hydrogen-bond donors (Lipinski definition) is 2. The topological polar surface area (TPSA) is 89.8 Å². The molecule has 2 amide bonds. The van der Waals surface area contributed by atoms with E-state index in [9.17, 15) is 9.59 Å². The van der Waals surface area contributed by atoms with Crippen LogP contribution in [-0.4, -0.2) is 25.0 Å². The van der Waals surface area contributed by atoms with Crippen molar-refractivity contribution in [2.24, 2.45) is 0 Å². The molecule has 1 aromatic heterocycles. The Balaban J connectivity index is 2.03. The maximum Gasteiger partial charge on any atom is 0.305 e. The number of benzene rings is 1. The second-order valence-electron chi connectivity index (χ2n) is 4.92. The fourth-order valence-electron chi connectivity index (χ4n) is 1.82. The Kier molecular flexibility index (Phi) is 5.24. The number of amides is 2. The van der Waals surface area contributed by atoms with Gasteiger partial charge in [0, 0.05) is 5.56 Å². The Morgan fingerprint density at radius 3 is 2.43 bits per heavy atom. The molecule has 0 aliphatic carbocycles. The molecule has 0 aliphatic heterocycles. The van der Waals surface area contributed by atoms with Crippen LogP contribution in [0.4, 0.5) is 0 Å². The summed E-state index contributed by atoms with van der Waals surface area (Å²) in [7, 11) is 1.49. The first-order valence-corrected chi connectivity index (χ1v) is 7.00. The van der Waals surface area contributed by atoms with Gasteiger partial charge in [-0.1, -0.05) is 0 Å². The molecule has 0 aliphatic rings. The lowest BCUT2D eigenvalue weighted by molar-refractivity contribution is 0.0830. The molecule has 0 bridgehead atoms. The molecule has 0 spiro atoms. The van der Waals surface area contributed by atoms with Crippen molar-refractivity contribution in [2.45, 2.75) is 20.0 Å². The first-order valence-electron chi connectivity index (χ1n) is 7.00. The summed E-state index contributed by atoms with van der Waals surface area (Å²) in [5.74, 6) is 0.0420. The third kappa shape index (κ3) is 4.26. The number of methoxy groups -OCH3 is 1. The maximum absolute atomic E-state index is 12.1. The van der Waals surface area contributed by atoms with Crippen LogP contribution in [-0.2, 0) is 0 Å². The normalized spacial score (nSPS) is 10.3. The number of nitrogens with one attached hydrogen (secondary N) is 2. The Hall–Kier alpha value is -2.96. The van der Waals surface area contributed by atoms with Crippen molar-refractivity contribution >= 4 is 11.8 Å². The average molecular weight is 318 g/mol. The van der Waals surface area contributed by atoms with Crippen LogP contribution in [0, 0.1) is 0 Å². The minimum absolute atomic E-state index is 0.0174. The van der Waals surface area contributed by atoms with Gasteiger partial charge in [0.2, 0.25) is 0 Å². The molecular formula is C16H18N2O5.